The monoisotopic (exact) mass is 282 g/mol. The lowest BCUT2D eigenvalue weighted by atomic mass is 9.89. The normalized spacial score (nSPS) is 12.5. The molecule has 0 saturated carbocycles. The van der Waals surface area contributed by atoms with E-state index in [1.807, 2.05) is 0 Å². The van der Waals surface area contributed by atoms with Crippen molar-refractivity contribution >= 4 is 0 Å². The smallest absolute Gasteiger partial charge is 0.0889 e. The van der Waals surface area contributed by atoms with Gasteiger partial charge in [0.25, 0.3) is 0 Å². The molecule has 2 aromatic rings. The molecule has 0 unspecified atom stereocenters. The summed E-state index contributed by atoms with van der Waals surface area (Å²) in [5.74, 6) is 0. The minimum absolute atomic E-state index is 0.336. The Morgan fingerprint density at radius 3 is 1.29 bits per heavy atom. The van der Waals surface area contributed by atoms with Gasteiger partial charge in [-0.3, -0.25) is 0 Å². The molecule has 0 amide bonds. The van der Waals surface area contributed by atoms with Gasteiger partial charge in [0.05, 0.1) is 11.2 Å². The highest BCUT2D eigenvalue weighted by atomic mass is 16.5. The Labute approximate surface area is 129 Å². The molecule has 0 radical (unpaired) electrons. The Morgan fingerprint density at radius 2 is 0.952 bits per heavy atom. The summed E-state index contributed by atoms with van der Waals surface area (Å²) in [5, 5.41) is 0. The Balaban J connectivity index is 2.36. The van der Waals surface area contributed by atoms with Crippen molar-refractivity contribution in [2.24, 2.45) is 0 Å². The number of hydrogen-bond donors (Lipinski definition) is 0. The molecule has 21 heavy (non-hydrogen) atoms. The maximum absolute atomic E-state index is 6.56. The average Bonchev–Trinajstić information content (AvgIpc) is 2.38. The molecule has 0 aliphatic carbocycles. The first-order valence-electron chi connectivity index (χ1n) is 7.56. The third-order valence-electron chi connectivity index (χ3n) is 4.10. The number of ether oxygens (including phenoxy) is 1. The molecular formula is C20H26O. The summed E-state index contributed by atoms with van der Waals surface area (Å²) < 4.78 is 6.56. The number of benzene rings is 2. The predicted octanol–water partition coefficient (Wildman–Crippen LogP) is 5.49. The summed E-state index contributed by atoms with van der Waals surface area (Å²) in [6.07, 6.45) is 0. The van der Waals surface area contributed by atoms with Crippen molar-refractivity contribution in [2.75, 3.05) is 0 Å². The van der Waals surface area contributed by atoms with Crippen LogP contribution in [0.4, 0.5) is 0 Å². The van der Waals surface area contributed by atoms with Crippen LogP contribution in [0.2, 0.25) is 0 Å². The largest absolute Gasteiger partial charge is 0.360 e. The summed E-state index contributed by atoms with van der Waals surface area (Å²) in [5.41, 5.74) is 4.35. The SMILES string of the molecule is Cc1ccccc1C(C)(C)OC(C)(C)c1ccccc1C. The van der Waals surface area contributed by atoms with E-state index in [0.717, 1.165) is 0 Å². The Bertz CT molecular complexity index is 568. The summed E-state index contributed by atoms with van der Waals surface area (Å²) >= 11 is 0. The molecular weight excluding hydrogens is 256 g/mol. The quantitative estimate of drug-likeness (QED) is 0.720. The molecule has 0 spiro atoms. The first-order valence-corrected chi connectivity index (χ1v) is 7.56. The lowest BCUT2D eigenvalue weighted by Crippen LogP contribution is -2.34. The zero-order valence-corrected chi connectivity index (χ0v) is 14.0. The summed E-state index contributed by atoms with van der Waals surface area (Å²) in [7, 11) is 0. The highest BCUT2D eigenvalue weighted by molar-refractivity contribution is 5.33. The van der Waals surface area contributed by atoms with Gasteiger partial charge in [-0.2, -0.15) is 0 Å². The minimum atomic E-state index is -0.336. The zero-order valence-electron chi connectivity index (χ0n) is 14.0. The highest BCUT2D eigenvalue weighted by Crippen LogP contribution is 2.37. The van der Waals surface area contributed by atoms with E-state index < -0.39 is 0 Å². The van der Waals surface area contributed by atoms with Gasteiger partial charge in [0.2, 0.25) is 0 Å². The van der Waals surface area contributed by atoms with E-state index in [4.69, 9.17) is 4.74 Å². The zero-order chi connectivity index (χ0) is 15.7. The van der Waals surface area contributed by atoms with Gasteiger partial charge in [0.15, 0.2) is 0 Å². The standard InChI is InChI=1S/C20H26O/c1-15-11-7-9-13-17(15)19(3,4)21-20(5,6)18-14-10-8-12-16(18)2/h7-14H,1-6H3. The maximum Gasteiger partial charge on any atom is 0.0889 e. The Hall–Kier alpha value is -1.60. The van der Waals surface area contributed by atoms with Crippen LogP contribution >= 0.6 is 0 Å². The third kappa shape index (κ3) is 3.36. The summed E-state index contributed by atoms with van der Waals surface area (Å²) in [4.78, 5) is 0. The fraction of sp³-hybridized carbons (Fsp3) is 0.400. The van der Waals surface area contributed by atoms with Crippen LogP contribution in [0.1, 0.15) is 49.9 Å². The third-order valence-corrected chi connectivity index (χ3v) is 4.10. The van der Waals surface area contributed by atoms with Crippen LogP contribution in [0.15, 0.2) is 48.5 Å². The molecule has 2 aromatic carbocycles. The van der Waals surface area contributed by atoms with Gasteiger partial charge in [-0.05, 0) is 63.8 Å². The van der Waals surface area contributed by atoms with Crippen LogP contribution in [0.5, 0.6) is 0 Å². The molecule has 2 rings (SSSR count). The van der Waals surface area contributed by atoms with Crippen molar-refractivity contribution in [1.29, 1.82) is 0 Å². The second-order valence-electron chi connectivity index (χ2n) is 6.75. The molecule has 1 nitrogen and oxygen atoms in total. The van der Waals surface area contributed by atoms with Gasteiger partial charge in [0.1, 0.15) is 0 Å². The van der Waals surface area contributed by atoms with Crippen molar-refractivity contribution in [3.05, 3.63) is 70.8 Å². The Kier molecular flexibility index (Phi) is 4.25. The van der Waals surface area contributed by atoms with E-state index in [-0.39, 0.29) is 11.2 Å². The molecule has 0 bridgehead atoms. The molecule has 0 saturated heterocycles. The van der Waals surface area contributed by atoms with Crippen molar-refractivity contribution in [3.63, 3.8) is 0 Å². The molecule has 0 atom stereocenters. The number of hydrogen-bond acceptors (Lipinski definition) is 1. The van der Waals surface area contributed by atoms with Crippen molar-refractivity contribution < 1.29 is 4.74 Å². The molecule has 0 aromatic heterocycles. The van der Waals surface area contributed by atoms with E-state index in [9.17, 15) is 0 Å². The van der Waals surface area contributed by atoms with Gasteiger partial charge in [-0.15, -0.1) is 0 Å². The lowest BCUT2D eigenvalue weighted by Gasteiger charge is -2.38. The first-order chi connectivity index (χ1) is 9.74. The second kappa shape index (κ2) is 5.65. The molecule has 0 heterocycles. The van der Waals surface area contributed by atoms with Gasteiger partial charge in [-0.1, -0.05) is 48.5 Å². The van der Waals surface area contributed by atoms with Gasteiger partial charge in [0, 0.05) is 0 Å². The fourth-order valence-corrected chi connectivity index (χ4v) is 3.24. The van der Waals surface area contributed by atoms with Crippen LogP contribution < -0.4 is 0 Å². The van der Waals surface area contributed by atoms with Crippen LogP contribution in [0, 0.1) is 13.8 Å². The minimum Gasteiger partial charge on any atom is -0.360 e. The van der Waals surface area contributed by atoms with Gasteiger partial charge < -0.3 is 4.74 Å². The summed E-state index contributed by atoms with van der Waals surface area (Å²) in [6, 6.07) is 16.9. The first kappa shape index (κ1) is 15.8. The van der Waals surface area contributed by atoms with Crippen LogP contribution in [-0.2, 0) is 15.9 Å². The van der Waals surface area contributed by atoms with E-state index >= 15 is 0 Å². The van der Waals surface area contributed by atoms with Crippen LogP contribution in [-0.4, -0.2) is 0 Å². The molecule has 0 aliphatic heterocycles. The molecule has 1 heteroatoms. The summed E-state index contributed by atoms with van der Waals surface area (Å²) in [6.45, 7) is 12.9. The van der Waals surface area contributed by atoms with Crippen LogP contribution in [0.25, 0.3) is 0 Å². The maximum atomic E-state index is 6.56. The van der Waals surface area contributed by atoms with E-state index in [0.29, 0.717) is 0 Å². The van der Waals surface area contributed by atoms with Gasteiger partial charge in [-0.25, -0.2) is 0 Å². The highest BCUT2D eigenvalue weighted by Gasteiger charge is 2.33. The predicted molar refractivity (Wildman–Crippen MR) is 89.5 cm³/mol. The van der Waals surface area contributed by atoms with Crippen molar-refractivity contribution in [2.45, 2.75) is 52.7 Å². The average molecular weight is 282 g/mol. The van der Waals surface area contributed by atoms with Crippen molar-refractivity contribution in [3.8, 4) is 0 Å². The van der Waals surface area contributed by atoms with E-state index in [1.165, 1.54) is 22.3 Å². The van der Waals surface area contributed by atoms with Crippen molar-refractivity contribution in [1.82, 2.24) is 0 Å². The van der Waals surface area contributed by atoms with Gasteiger partial charge >= 0.3 is 0 Å². The molecule has 0 aliphatic rings. The fourth-order valence-electron chi connectivity index (χ4n) is 3.24. The molecule has 0 N–H and O–H groups in total. The number of rotatable bonds is 4. The lowest BCUT2D eigenvalue weighted by molar-refractivity contribution is -0.132. The number of aryl methyl sites for hydroxylation is 2. The second-order valence-corrected chi connectivity index (χ2v) is 6.75. The van der Waals surface area contributed by atoms with Crippen LogP contribution in [0.3, 0.4) is 0 Å². The topological polar surface area (TPSA) is 9.23 Å². The molecule has 112 valence electrons. The van der Waals surface area contributed by atoms with E-state index in [1.54, 1.807) is 0 Å². The van der Waals surface area contributed by atoms with E-state index in [2.05, 4.69) is 90.1 Å². The Morgan fingerprint density at radius 1 is 0.619 bits per heavy atom. The molecule has 0 fully saturated rings.